The van der Waals surface area contributed by atoms with Crippen molar-refractivity contribution in [2.75, 3.05) is 6.61 Å². The molecule has 1 fully saturated rings. The van der Waals surface area contributed by atoms with Gasteiger partial charge in [0.2, 0.25) is 0 Å². The first-order valence-corrected chi connectivity index (χ1v) is 6.87. The molecule has 1 aromatic rings. The van der Waals surface area contributed by atoms with Crippen LogP contribution in [-0.4, -0.2) is 23.9 Å². The second-order valence-corrected chi connectivity index (χ2v) is 4.77. The van der Waals surface area contributed by atoms with E-state index in [0.29, 0.717) is 6.61 Å². The van der Waals surface area contributed by atoms with Crippen molar-refractivity contribution in [3.05, 3.63) is 24.3 Å². The Balaban J connectivity index is 1.94. The minimum Gasteiger partial charge on any atom is -0.494 e. The van der Waals surface area contributed by atoms with Crippen LogP contribution >= 0.6 is 0 Å². The highest BCUT2D eigenvalue weighted by Gasteiger charge is 2.23. The van der Waals surface area contributed by atoms with Gasteiger partial charge in [0.25, 0.3) is 0 Å². The monoisotopic (exact) mass is 250 g/mol. The van der Waals surface area contributed by atoms with Crippen molar-refractivity contribution in [3.63, 3.8) is 0 Å². The number of rotatable bonds is 4. The summed E-state index contributed by atoms with van der Waals surface area (Å²) in [6, 6.07) is 7.62. The Morgan fingerprint density at radius 2 is 1.72 bits per heavy atom. The maximum Gasteiger partial charge on any atom is 0.124 e. The molecule has 1 saturated carbocycles. The van der Waals surface area contributed by atoms with E-state index in [-0.39, 0.29) is 12.2 Å². The van der Waals surface area contributed by atoms with Crippen molar-refractivity contribution in [1.29, 1.82) is 0 Å². The molecule has 0 amide bonds. The van der Waals surface area contributed by atoms with Crippen LogP contribution in [0.5, 0.6) is 11.5 Å². The van der Waals surface area contributed by atoms with Gasteiger partial charge >= 0.3 is 0 Å². The molecule has 0 radical (unpaired) electrons. The van der Waals surface area contributed by atoms with Crippen molar-refractivity contribution in [2.45, 2.75) is 51.2 Å². The van der Waals surface area contributed by atoms with Crippen LogP contribution in [-0.2, 0) is 0 Å². The maximum absolute atomic E-state index is 10.00. The van der Waals surface area contributed by atoms with Crippen molar-refractivity contribution < 1.29 is 14.6 Å². The zero-order chi connectivity index (χ0) is 12.8. The van der Waals surface area contributed by atoms with Crippen LogP contribution in [0.15, 0.2) is 24.3 Å². The number of hydrogen-bond acceptors (Lipinski definition) is 3. The van der Waals surface area contributed by atoms with E-state index in [1.165, 1.54) is 6.42 Å². The predicted molar refractivity (Wildman–Crippen MR) is 71.1 cm³/mol. The molecule has 100 valence electrons. The molecular weight excluding hydrogens is 228 g/mol. The minimum atomic E-state index is -0.334. The summed E-state index contributed by atoms with van der Waals surface area (Å²) in [4.78, 5) is 0. The third-order valence-electron chi connectivity index (χ3n) is 3.34. The van der Waals surface area contributed by atoms with Crippen LogP contribution in [0.1, 0.15) is 39.0 Å². The Morgan fingerprint density at radius 1 is 1.06 bits per heavy atom. The van der Waals surface area contributed by atoms with Crippen LogP contribution in [0, 0.1) is 0 Å². The third-order valence-corrected chi connectivity index (χ3v) is 3.34. The van der Waals surface area contributed by atoms with Crippen LogP contribution < -0.4 is 9.47 Å². The van der Waals surface area contributed by atoms with Gasteiger partial charge in [-0.1, -0.05) is 12.8 Å². The summed E-state index contributed by atoms with van der Waals surface area (Å²) in [7, 11) is 0. The van der Waals surface area contributed by atoms with E-state index < -0.39 is 0 Å². The van der Waals surface area contributed by atoms with Gasteiger partial charge in [0, 0.05) is 0 Å². The maximum atomic E-state index is 10.00. The second-order valence-electron chi connectivity index (χ2n) is 4.77. The Morgan fingerprint density at radius 3 is 2.44 bits per heavy atom. The van der Waals surface area contributed by atoms with Gasteiger partial charge in [0.15, 0.2) is 0 Å². The molecule has 1 aliphatic rings. The first-order chi connectivity index (χ1) is 8.79. The number of ether oxygens (including phenoxy) is 2. The molecule has 1 aliphatic carbocycles. The summed E-state index contributed by atoms with van der Waals surface area (Å²) in [6.07, 6.45) is 4.82. The summed E-state index contributed by atoms with van der Waals surface area (Å²) in [5.74, 6) is 1.66. The van der Waals surface area contributed by atoms with Crippen molar-refractivity contribution in [1.82, 2.24) is 0 Å². The average Bonchev–Trinajstić information content (AvgIpc) is 2.58. The van der Waals surface area contributed by atoms with Gasteiger partial charge < -0.3 is 14.6 Å². The molecule has 0 aliphatic heterocycles. The van der Waals surface area contributed by atoms with Crippen molar-refractivity contribution in [2.24, 2.45) is 0 Å². The summed E-state index contributed by atoms with van der Waals surface area (Å²) in [6.45, 7) is 2.63. The molecule has 0 saturated heterocycles. The van der Waals surface area contributed by atoms with Gasteiger partial charge in [0.1, 0.15) is 17.6 Å². The molecule has 0 spiro atoms. The van der Waals surface area contributed by atoms with E-state index in [9.17, 15) is 5.11 Å². The summed E-state index contributed by atoms with van der Waals surface area (Å²) in [5, 5.41) is 10.00. The average molecular weight is 250 g/mol. The first-order valence-electron chi connectivity index (χ1n) is 6.87. The fraction of sp³-hybridized carbons (Fsp3) is 0.600. The van der Waals surface area contributed by atoms with Crippen molar-refractivity contribution >= 4 is 0 Å². The van der Waals surface area contributed by atoms with E-state index in [1.807, 2.05) is 31.2 Å². The number of hydrogen-bond donors (Lipinski definition) is 1. The lowest BCUT2D eigenvalue weighted by Crippen LogP contribution is -2.30. The highest BCUT2D eigenvalue weighted by molar-refractivity contribution is 5.31. The second kappa shape index (κ2) is 6.64. The van der Waals surface area contributed by atoms with Crippen LogP contribution in [0.2, 0.25) is 0 Å². The lowest BCUT2D eigenvalue weighted by Gasteiger charge is -2.22. The van der Waals surface area contributed by atoms with Crippen molar-refractivity contribution in [3.8, 4) is 11.5 Å². The largest absolute Gasteiger partial charge is 0.494 e. The third kappa shape index (κ3) is 3.64. The van der Waals surface area contributed by atoms with Gasteiger partial charge in [-0.05, 0) is 50.5 Å². The molecule has 3 heteroatoms. The molecule has 0 heterocycles. The van der Waals surface area contributed by atoms with Crippen LogP contribution in [0.25, 0.3) is 0 Å². The smallest absolute Gasteiger partial charge is 0.124 e. The number of aliphatic hydroxyl groups is 1. The molecule has 2 rings (SSSR count). The molecular formula is C15H22O3. The fourth-order valence-electron chi connectivity index (χ4n) is 2.35. The summed E-state index contributed by atoms with van der Waals surface area (Å²) in [5.41, 5.74) is 0. The molecule has 1 aromatic carbocycles. The normalized spacial score (nSPS) is 24.3. The SMILES string of the molecule is CCOc1ccc(OC2CCCCCC2O)cc1. The van der Waals surface area contributed by atoms with E-state index in [1.54, 1.807) is 0 Å². The van der Waals surface area contributed by atoms with Gasteiger partial charge in [-0.3, -0.25) is 0 Å². The highest BCUT2D eigenvalue weighted by atomic mass is 16.5. The minimum absolute atomic E-state index is 0.0644. The highest BCUT2D eigenvalue weighted by Crippen LogP contribution is 2.24. The van der Waals surface area contributed by atoms with Crippen LogP contribution in [0.4, 0.5) is 0 Å². The van der Waals surface area contributed by atoms with E-state index in [0.717, 1.165) is 37.2 Å². The lowest BCUT2D eigenvalue weighted by molar-refractivity contribution is 0.0319. The lowest BCUT2D eigenvalue weighted by atomic mass is 10.1. The standard InChI is InChI=1S/C15H22O3/c1-2-17-12-8-10-13(11-9-12)18-15-7-5-3-4-6-14(15)16/h8-11,14-16H,2-7H2,1H3. The van der Waals surface area contributed by atoms with E-state index in [4.69, 9.17) is 9.47 Å². The fourth-order valence-corrected chi connectivity index (χ4v) is 2.35. The topological polar surface area (TPSA) is 38.7 Å². The Bertz CT molecular complexity index is 347. The van der Waals surface area contributed by atoms with Gasteiger partial charge in [-0.2, -0.15) is 0 Å². The van der Waals surface area contributed by atoms with Gasteiger partial charge in [0.05, 0.1) is 12.7 Å². The zero-order valence-corrected chi connectivity index (χ0v) is 11.0. The summed E-state index contributed by atoms with van der Waals surface area (Å²) >= 11 is 0. The van der Waals surface area contributed by atoms with E-state index in [2.05, 4.69) is 0 Å². The predicted octanol–water partition coefficient (Wildman–Crippen LogP) is 3.16. The Hall–Kier alpha value is -1.22. The zero-order valence-electron chi connectivity index (χ0n) is 11.0. The molecule has 1 N–H and O–H groups in total. The number of aliphatic hydroxyl groups excluding tert-OH is 1. The molecule has 3 nitrogen and oxygen atoms in total. The molecule has 2 atom stereocenters. The van der Waals surface area contributed by atoms with Crippen LogP contribution in [0.3, 0.4) is 0 Å². The number of benzene rings is 1. The first kappa shape index (κ1) is 13.2. The molecule has 2 unspecified atom stereocenters. The molecule has 18 heavy (non-hydrogen) atoms. The Kier molecular flexibility index (Phi) is 4.88. The quantitative estimate of drug-likeness (QED) is 0.834. The molecule has 0 aromatic heterocycles. The van der Waals surface area contributed by atoms with Gasteiger partial charge in [-0.15, -0.1) is 0 Å². The molecule has 0 bridgehead atoms. The Labute approximate surface area is 109 Å². The van der Waals surface area contributed by atoms with Gasteiger partial charge in [-0.25, -0.2) is 0 Å². The van der Waals surface area contributed by atoms with E-state index >= 15 is 0 Å². The summed E-state index contributed by atoms with van der Waals surface area (Å²) < 4.78 is 11.3.